The molecule has 0 fully saturated rings. The molecule has 0 saturated heterocycles. The van der Waals surface area contributed by atoms with E-state index in [0.717, 1.165) is 36.8 Å². The number of aromatic nitrogens is 1. The van der Waals surface area contributed by atoms with Crippen molar-refractivity contribution in [1.82, 2.24) is 4.98 Å². The highest BCUT2D eigenvalue weighted by Crippen LogP contribution is 2.42. The predicted octanol–water partition coefficient (Wildman–Crippen LogP) is 5.61. The Hall–Kier alpha value is -2.95. The number of carboxylic acids is 1. The highest BCUT2D eigenvalue weighted by atomic mass is 79.9. The van der Waals surface area contributed by atoms with Crippen LogP contribution in [0.3, 0.4) is 0 Å². The number of hydrogen-bond donors (Lipinski definition) is 2. The molecule has 2 N–H and O–H groups in total. The number of ether oxygens (including phenoxy) is 2. The number of benzene rings is 2. The van der Waals surface area contributed by atoms with E-state index in [1.54, 1.807) is 18.2 Å². The first kappa shape index (κ1) is 24.7. The lowest BCUT2D eigenvalue weighted by atomic mass is 9.87. The highest BCUT2D eigenvalue weighted by Gasteiger charge is 2.32. The molecule has 1 aromatic heterocycles. The number of rotatable bonds is 8. The lowest BCUT2D eigenvalue weighted by Crippen LogP contribution is -2.33. The van der Waals surface area contributed by atoms with Crippen molar-refractivity contribution in [3.8, 4) is 17.4 Å². The highest BCUT2D eigenvalue weighted by molar-refractivity contribution is 9.10. The molecule has 10 heteroatoms. The number of carbonyl (C=O) groups is 1. The molecule has 2 aliphatic rings. The van der Waals surface area contributed by atoms with Crippen LogP contribution in [0.15, 0.2) is 53.1 Å². The number of pyridine rings is 1. The van der Waals surface area contributed by atoms with Crippen LogP contribution in [-0.2, 0) is 35.3 Å². The second kappa shape index (κ2) is 10.6. The first-order valence-corrected chi connectivity index (χ1v) is 13.6. The van der Waals surface area contributed by atoms with Crippen LogP contribution in [-0.4, -0.2) is 31.4 Å². The Balaban J connectivity index is 1.42. The van der Waals surface area contributed by atoms with Crippen molar-refractivity contribution in [2.24, 2.45) is 0 Å². The minimum Gasteiger partial charge on any atom is -0.482 e. The van der Waals surface area contributed by atoms with Gasteiger partial charge in [-0.05, 0) is 101 Å². The normalized spacial score (nSPS) is 17.1. The molecule has 0 aliphatic heterocycles. The van der Waals surface area contributed by atoms with Gasteiger partial charge in [0, 0.05) is 0 Å². The van der Waals surface area contributed by atoms with Gasteiger partial charge >= 0.3 is 5.97 Å². The summed E-state index contributed by atoms with van der Waals surface area (Å²) >= 11 is 1.18. The van der Waals surface area contributed by atoms with E-state index < -0.39 is 29.9 Å². The maximum atomic E-state index is 12.6. The van der Waals surface area contributed by atoms with Gasteiger partial charge in [0.05, 0.1) is 22.4 Å². The van der Waals surface area contributed by atoms with Gasteiger partial charge in [0.25, 0.3) is 11.3 Å². The quantitative estimate of drug-likeness (QED) is 0.337. The molecule has 0 bridgehead atoms. The number of hydrogen-bond acceptors (Lipinski definition) is 5. The van der Waals surface area contributed by atoms with Crippen molar-refractivity contribution in [2.45, 2.75) is 44.6 Å². The summed E-state index contributed by atoms with van der Waals surface area (Å²) in [5, 5.41) is 8.99. The van der Waals surface area contributed by atoms with E-state index in [4.69, 9.17) is 14.6 Å². The standard InChI is InChI=1S/C26H25BrN2O6S/c27-22-13-18(14-28-26(22)35-19-11-10-16-4-1-5-17(16)12-19)29(36(32)33)23-8-2-7-21-20(23)6-3-9-24(21)34-15-25(30)31/h3,6,9-14,23H,1-2,4-5,7-8,15H2,(H,30,31)(H,32,33). The van der Waals surface area contributed by atoms with Gasteiger partial charge in [0.2, 0.25) is 5.88 Å². The molecule has 0 radical (unpaired) electrons. The average Bonchev–Trinajstić information content (AvgIpc) is 3.32. The maximum absolute atomic E-state index is 12.6. The monoisotopic (exact) mass is 572 g/mol. The zero-order chi connectivity index (χ0) is 25.2. The Morgan fingerprint density at radius 2 is 1.97 bits per heavy atom. The summed E-state index contributed by atoms with van der Waals surface area (Å²) in [6.07, 6.45) is 6.92. The van der Waals surface area contributed by atoms with Crippen LogP contribution < -0.4 is 13.8 Å². The topological polar surface area (TPSA) is 109 Å². The largest absolute Gasteiger partial charge is 0.482 e. The molecule has 0 spiro atoms. The molecule has 2 unspecified atom stereocenters. The summed E-state index contributed by atoms with van der Waals surface area (Å²) in [7, 11) is 0. The van der Waals surface area contributed by atoms with Crippen LogP contribution in [0.5, 0.6) is 17.4 Å². The van der Waals surface area contributed by atoms with Crippen LogP contribution in [0.2, 0.25) is 0 Å². The molecule has 188 valence electrons. The number of aryl methyl sites for hydroxylation is 2. The number of fused-ring (bicyclic) bond motifs is 2. The number of aliphatic carboxylic acids is 1. The Bertz CT molecular complexity index is 1330. The van der Waals surface area contributed by atoms with Gasteiger partial charge < -0.3 is 14.6 Å². The third kappa shape index (κ3) is 5.11. The average molecular weight is 573 g/mol. The van der Waals surface area contributed by atoms with Crippen LogP contribution in [0.1, 0.15) is 47.6 Å². The zero-order valence-electron chi connectivity index (χ0n) is 19.4. The van der Waals surface area contributed by atoms with Crippen LogP contribution in [0, 0.1) is 0 Å². The molecule has 3 aromatic rings. The first-order valence-electron chi connectivity index (χ1n) is 11.7. The summed E-state index contributed by atoms with van der Waals surface area (Å²) in [6, 6.07) is 12.8. The number of carboxylic acid groups (broad SMARTS) is 1. The Morgan fingerprint density at radius 3 is 2.75 bits per heavy atom. The Labute approximate surface area is 219 Å². The van der Waals surface area contributed by atoms with Crippen molar-refractivity contribution in [3.05, 3.63) is 75.4 Å². The zero-order valence-corrected chi connectivity index (χ0v) is 21.8. The second-order valence-corrected chi connectivity index (χ2v) is 10.5. The van der Waals surface area contributed by atoms with Gasteiger partial charge in [-0.25, -0.2) is 14.0 Å². The van der Waals surface area contributed by atoms with Gasteiger partial charge in [-0.3, -0.25) is 8.86 Å². The van der Waals surface area contributed by atoms with E-state index in [9.17, 15) is 13.6 Å². The molecule has 8 nitrogen and oxygen atoms in total. The smallest absolute Gasteiger partial charge is 0.341 e. The molecule has 5 rings (SSSR count). The molecular weight excluding hydrogens is 548 g/mol. The SMILES string of the molecule is O=C(O)COc1cccc2c1CCCC2N(c1cnc(Oc2ccc3c(c2)CCC3)c(Br)c1)S(=O)O. The fourth-order valence-corrected chi connectivity index (χ4v) is 6.16. The molecule has 0 saturated carbocycles. The van der Waals surface area contributed by atoms with Crippen molar-refractivity contribution in [2.75, 3.05) is 10.9 Å². The molecule has 0 amide bonds. The summed E-state index contributed by atoms with van der Waals surface area (Å²) in [4.78, 5) is 15.4. The van der Waals surface area contributed by atoms with Gasteiger partial charge in [-0.2, -0.15) is 0 Å². The van der Waals surface area contributed by atoms with E-state index in [1.165, 1.54) is 21.6 Å². The molecule has 1 heterocycles. The number of nitrogens with zero attached hydrogens (tertiary/aromatic N) is 2. The number of anilines is 1. The van der Waals surface area contributed by atoms with E-state index in [1.807, 2.05) is 18.2 Å². The summed E-state index contributed by atoms with van der Waals surface area (Å²) in [5.74, 6) is 0.500. The van der Waals surface area contributed by atoms with Crippen LogP contribution >= 0.6 is 15.9 Å². The van der Waals surface area contributed by atoms with Crippen molar-refractivity contribution in [3.63, 3.8) is 0 Å². The molecule has 2 aliphatic carbocycles. The van der Waals surface area contributed by atoms with Crippen LogP contribution in [0.25, 0.3) is 0 Å². The van der Waals surface area contributed by atoms with Gasteiger partial charge in [-0.15, -0.1) is 0 Å². The Morgan fingerprint density at radius 1 is 1.14 bits per heavy atom. The minimum absolute atomic E-state index is 0.369. The van der Waals surface area contributed by atoms with Gasteiger partial charge in [0.1, 0.15) is 11.5 Å². The minimum atomic E-state index is -2.33. The maximum Gasteiger partial charge on any atom is 0.341 e. The van der Waals surface area contributed by atoms with Crippen molar-refractivity contribution < 1.29 is 28.1 Å². The summed E-state index contributed by atoms with van der Waals surface area (Å²) < 4.78 is 36.3. The second-order valence-electron chi connectivity index (χ2n) is 8.84. The third-order valence-electron chi connectivity index (χ3n) is 6.57. The van der Waals surface area contributed by atoms with E-state index >= 15 is 0 Å². The number of halogens is 1. The third-order valence-corrected chi connectivity index (χ3v) is 7.94. The summed E-state index contributed by atoms with van der Waals surface area (Å²) in [6.45, 7) is -0.445. The lowest BCUT2D eigenvalue weighted by Gasteiger charge is -2.35. The first-order chi connectivity index (χ1) is 17.4. The molecular formula is C26H25BrN2O6S. The van der Waals surface area contributed by atoms with Gasteiger partial charge in [-0.1, -0.05) is 18.2 Å². The molecule has 2 aromatic carbocycles. The summed E-state index contributed by atoms with van der Waals surface area (Å²) in [5.41, 5.74) is 4.80. The van der Waals surface area contributed by atoms with E-state index in [-0.39, 0.29) is 0 Å². The van der Waals surface area contributed by atoms with Crippen molar-refractivity contribution in [1.29, 1.82) is 0 Å². The fraction of sp³-hybridized carbons (Fsp3) is 0.308. The van der Waals surface area contributed by atoms with Crippen molar-refractivity contribution >= 4 is 38.9 Å². The lowest BCUT2D eigenvalue weighted by molar-refractivity contribution is -0.139. The molecule has 2 atom stereocenters. The fourth-order valence-electron chi connectivity index (χ4n) is 5.02. The van der Waals surface area contributed by atoms with E-state index in [0.29, 0.717) is 40.4 Å². The Kier molecular flexibility index (Phi) is 7.27. The molecule has 36 heavy (non-hydrogen) atoms. The predicted molar refractivity (Wildman–Crippen MR) is 139 cm³/mol. The van der Waals surface area contributed by atoms with Crippen LogP contribution in [0.4, 0.5) is 5.69 Å². The van der Waals surface area contributed by atoms with E-state index in [2.05, 4.69) is 27.0 Å². The van der Waals surface area contributed by atoms with Gasteiger partial charge in [0.15, 0.2) is 6.61 Å².